The third-order valence-electron chi connectivity index (χ3n) is 2.83. The number of rotatable bonds is 0. The lowest BCUT2D eigenvalue weighted by molar-refractivity contribution is 0.268. The van der Waals surface area contributed by atoms with Gasteiger partial charge in [0, 0.05) is 36.3 Å². The highest BCUT2D eigenvalue weighted by molar-refractivity contribution is 5.26. The molecule has 0 unspecified atom stereocenters. The van der Waals surface area contributed by atoms with Crippen LogP contribution < -0.4 is 0 Å². The lowest BCUT2D eigenvalue weighted by Gasteiger charge is -2.32. The molecule has 0 fully saturated rings. The highest BCUT2D eigenvalue weighted by atomic mass is 15.4. The van der Waals surface area contributed by atoms with E-state index >= 15 is 0 Å². The van der Waals surface area contributed by atoms with Crippen molar-refractivity contribution in [3.8, 4) is 0 Å². The highest BCUT2D eigenvalue weighted by Gasteiger charge is 2.37. The maximum Gasteiger partial charge on any atom is 0.0893 e. The first-order chi connectivity index (χ1) is 7.55. The first-order valence-corrected chi connectivity index (χ1v) is 6.72. The van der Waals surface area contributed by atoms with Gasteiger partial charge in [-0.15, -0.1) is 0 Å². The van der Waals surface area contributed by atoms with E-state index in [9.17, 15) is 0 Å². The minimum absolute atomic E-state index is 0.224. The summed E-state index contributed by atoms with van der Waals surface area (Å²) in [6.07, 6.45) is 0. The van der Waals surface area contributed by atoms with Crippen molar-refractivity contribution in [2.75, 3.05) is 20.8 Å². The van der Waals surface area contributed by atoms with Gasteiger partial charge >= 0.3 is 0 Å². The van der Waals surface area contributed by atoms with Crippen LogP contribution in [0.3, 0.4) is 0 Å². The molecular weight excluding hydrogens is 208 g/mol. The molecule has 17 heavy (non-hydrogen) atoms. The summed E-state index contributed by atoms with van der Waals surface area (Å²) in [6, 6.07) is 0. The Hall–Kier alpha value is -0.660. The summed E-state index contributed by atoms with van der Waals surface area (Å²) in [5, 5.41) is 0. The van der Waals surface area contributed by atoms with Gasteiger partial charge in [0.1, 0.15) is 0 Å². The highest BCUT2D eigenvalue weighted by Crippen LogP contribution is 2.42. The van der Waals surface area contributed by atoms with Gasteiger partial charge in [-0.25, -0.2) is 0 Å². The molecular formula is C15H32N2. The zero-order valence-corrected chi connectivity index (χ0v) is 13.6. The molecule has 102 valence electrons. The molecule has 1 aliphatic rings. The van der Waals surface area contributed by atoms with Crippen LogP contribution in [0.15, 0.2) is 11.4 Å². The average Bonchev–Trinajstić information content (AvgIpc) is 2.42. The predicted molar refractivity (Wildman–Crippen MR) is 77.7 cm³/mol. The molecule has 2 heteroatoms. The largest absolute Gasteiger partial charge is 0.358 e. The minimum atomic E-state index is 0.224. The molecule has 1 rings (SSSR count). The average molecular weight is 240 g/mol. The van der Waals surface area contributed by atoms with E-state index in [-0.39, 0.29) is 10.8 Å². The molecule has 0 aromatic heterocycles. The van der Waals surface area contributed by atoms with Crippen molar-refractivity contribution in [2.45, 2.75) is 55.4 Å². The molecule has 0 amide bonds. The molecule has 0 aromatic carbocycles. The molecule has 0 aliphatic carbocycles. The molecule has 1 aliphatic heterocycles. The lowest BCUT2D eigenvalue weighted by Crippen LogP contribution is -2.25. The van der Waals surface area contributed by atoms with E-state index in [4.69, 9.17) is 0 Å². The molecule has 0 bridgehead atoms. The normalized spacial score (nSPS) is 17.3. The van der Waals surface area contributed by atoms with Gasteiger partial charge < -0.3 is 9.80 Å². The fourth-order valence-electron chi connectivity index (χ4n) is 2.68. The zero-order valence-electron chi connectivity index (χ0n) is 13.6. The van der Waals surface area contributed by atoms with Gasteiger partial charge in [0.05, 0.1) is 6.67 Å². The smallest absolute Gasteiger partial charge is 0.0893 e. The van der Waals surface area contributed by atoms with Crippen LogP contribution in [0.5, 0.6) is 0 Å². The van der Waals surface area contributed by atoms with E-state index in [1.165, 1.54) is 11.4 Å². The first-order valence-electron chi connectivity index (χ1n) is 6.72. The van der Waals surface area contributed by atoms with Crippen LogP contribution in [0.4, 0.5) is 0 Å². The van der Waals surface area contributed by atoms with Crippen LogP contribution in [-0.2, 0) is 0 Å². The van der Waals surface area contributed by atoms with Crippen LogP contribution in [0.2, 0.25) is 0 Å². The molecule has 0 spiro atoms. The second-order valence-electron chi connectivity index (χ2n) is 6.73. The summed E-state index contributed by atoms with van der Waals surface area (Å²) < 4.78 is 0. The fraction of sp³-hybridized carbons (Fsp3) is 0.867. The number of nitrogens with zero attached hydrogens (tertiary/aromatic N) is 2. The Balaban J connectivity index is 0.00000121. The molecule has 0 atom stereocenters. The van der Waals surface area contributed by atoms with Gasteiger partial charge in [-0.1, -0.05) is 55.4 Å². The Bertz CT molecular complexity index is 248. The van der Waals surface area contributed by atoms with Gasteiger partial charge in [-0.3, -0.25) is 0 Å². The summed E-state index contributed by atoms with van der Waals surface area (Å²) in [7, 11) is 4.38. The van der Waals surface area contributed by atoms with E-state index in [2.05, 4.69) is 65.4 Å². The SMILES string of the molecule is CC.CN1CN(C)C(C(C)(C)C)=C1C(C)(C)C. The molecule has 0 radical (unpaired) electrons. The third-order valence-corrected chi connectivity index (χ3v) is 2.83. The van der Waals surface area contributed by atoms with Crippen LogP contribution in [0.25, 0.3) is 0 Å². The van der Waals surface area contributed by atoms with Crippen molar-refractivity contribution in [3.05, 3.63) is 11.4 Å². The maximum absolute atomic E-state index is 2.38. The van der Waals surface area contributed by atoms with Gasteiger partial charge in [-0.05, 0) is 0 Å². The Morgan fingerprint density at radius 1 is 0.706 bits per heavy atom. The standard InChI is InChI=1S/C13H26N2.C2H6/c1-12(2,3)10-11(13(4,5)6)15(8)9-14(10)7;1-2/h9H2,1-8H3;1-2H3. The van der Waals surface area contributed by atoms with Crippen LogP contribution in [0, 0.1) is 10.8 Å². The Morgan fingerprint density at radius 2 is 0.941 bits per heavy atom. The Kier molecular flexibility index (Phi) is 5.12. The van der Waals surface area contributed by atoms with Crippen molar-refractivity contribution in [2.24, 2.45) is 10.8 Å². The van der Waals surface area contributed by atoms with Crippen LogP contribution in [0.1, 0.15) is 55.4 Å². The molecule has 1 heterocycles. The molecule has 2 nitrogen and oxygen atoms in total. The molecule has 0 N–H and O–H groups in total. The van der Waals surface area contributed by atoms with Crippen molar-refractivity contribution < 1.29 is 0 Å². The van der Waals surface area contributed by atoms with Gasteiger partial charge in [0.25, 0.3) is 0 Å². The van der Waals surface area contributed by atoms with Gasteiger partial charge in [0.15, 0.2) is 0 Å². The number of allylic oxidation sites excluding steroid dienone is 2. The second-order valence-corrected chi connectivity index (χ2v) is 6.73. The van der Waals surface area contributed by atoms with Crippen molar-refractivity contribution in [1.82, 2.24) is 9.80 Å². The topological polar surface area (TPSA) is 6.48 Å². The fourth-order valence-corrected chi connectivity index (χ4v) is 2.68. The van der Waals surface area contributed by atoms with Crippen LogP contribution >= 0.6 is 0 Å². The first kappa shape index (κ1) is 16.3. The van der Waals surface area contributed by atoms with Crippen molar-refractivity contribution in [3.63, 3.8) is 0 Å². The summed E-state index contributed by atoms with van der Waals surface area (Å²) in [5.41, 5.74) is 3.42. The van der Waals surface area contributed by atoms with Crippen LogP contribution in [-0.4, -0.2) is 30.6 Å². The monoisotopic (exact) mass is 240 g/mol. The van der Waals surface area contributed by atoms with E-state index in [0.29, 0.717) is 0 Å². The van der Waals surface area contributed by atoms with Crippen molar-refractivity contribution >= 4 is 0 Å². The molecule has 0 saturated carbocycles. The summed E-state index contributed by atoms with van der Waals surface area (Å²) in [4.78, 5) is 4.75. The zero-order chi connectivity index (χ0) is 14.0. The Morgan fingerprint density at radius 3 is 1.12 bits per heavy atom. The number of hydrogen-bond acceptors (Lipinski definition) is 2. The quantitative estimate of drug-likeness (QED) is 0.627. The van der Waals surface area contributed by atoms with Gasteiger partial charge in [-0.2, -0.15) is 0 Å². The number of hydrogen-bond donors (Lipinski definition) is 0. The maximum atomic E-state index is 2.38. The molecule has 0 saturated heterocycles. The Labute approximate surface area is 109 Å². The third kappa shape index (κ3) is 3.65. The lowest BCUT2D eigenvalue weighted by atomic mass is 9.82. The van der Waals surface area contributed by atoms with E-state index in [1.54, 1.807) is 0 Å². The summed E-state index contributed by atoms with van der Waals surface area (Å²) >= 11 is 0. The van der Waals surface area contributed by atoms with Gasteiger partial charge in [0.2, 0.25) is 0 Å². The minimum Gasteiger partial charge on any atom is -0.358 e. The predicted octanol–water partition coefficient (Wildman–Crippen LogP) is 4.15. The van der Waals surface area contributed by atoms with E-state index < -0.39 is 0 Å². The summed E-state index contributed by atoms with van der Waals surface area (Å²) in [5.74, 6) is 0. The van der Waals surface area contributed by atoms with E-state index in [1.807, 2.05) is 13.8 Å². The molecule has 0 aromatic rings. The summed E-state index contributed by atoms with van der Waals surface area (Å²) in [6.45, 7) is 18.8. The van der Waals surface area contributed by atoms with E-state index in [0.717, 1.165) is 6.67 Å². The second kappa shape index (κ2) is 5.32. The van der Waals surface area contributed by atoms with Crippen molar-refractivity contribution in [1.29, 1.82) is 0 Å².